The van der Waals surface area contributed by atoms with Crippen molar-refractivity contribution in [3.05, 3.63) is 40.5 Å². The van der Waals surface area contributed by atoms with Crippen LogP contribution in [0.3, 0.4) is 0 Å². The van der Waals surface area contributed by atoms with Crippen molar-refractivity contribution in [3.8, 4) is 0 Å². The smallest absolute Gasteiger partial charge is 0.0720 e. The Morgan fingerprint density at radius 3 is 2.67 bits per heavy atom. The molecule has 0 aliphatic rings. The molecular formula is C15H19ClN2. The monoisotopic (exact) mass is 262 g/mol. The first kappa shape index (κ1) is 13.3. The molecule has 0 unspecified atom stereocenters. The van der Waals surface area contributed by atoms with E-state index in [9.17, 15) is 0 Å². The second-order valence-corrected chi connectivity index (χ2v) is 6.05. The van der Waals surface area contributed by atoms with E-state index in [0.717, 1.165) is 28.0 Å². The summed E-state index contributed by atoms with van der Waals surface area (Å²) in [4.78, 5) is 4.49. The number of nitrogens with two attached hydrogens (primary N) is 1. The van der Waals surface area contributed by atoms with Crippen LogP contribution in [-0.4, -0.2) is 11.5 Å². The first-order valence-corrected chi connectivity index (χ1v) is 6.55. The van der Waals surface area contributed by atoms with Crippen molar-refractivity contribution < 1.29 is 0 Å². The summed E-state index contributed by atoms with van der Waals surface area (Å²) < 4.78 is 0. The third kappa shape index (κ3) is 2.82. The van der Waals surface area contributed by atoms with Crippen molar-refractivity contribution in [2.24, 2.45) is 11.1 Å². The SMILES string of the molecule is Cc1cc(Cl)c2cc(CC(C)(C)CN)ccc2n1. The molecule has 0 saturated carbocycles. The summed E-state index contributed by atoms with van der Waals surface area (Å²) in [5.41, 5.74) is 9.04. The van der Waals surface area contributed by atoms with Gasteiger partial charge >= 0.3 is 0 Å². The van der Waals surface area contributed by atoms with Crippen molar-refractivity contribution in [2.45, 2.75) is 27.2 Å². The number of pyridine rings is 1. The standard InChI is InChI=1S/C15H19ClN2/c1-10-6-13(16)12-7-11(4-5-14(12)18-10)8-15(2,3)9-17/h4-7H,8-9,17H2,1-3H3. The Hall–Kier alpha value is -1.12. The minimum atomic E-state index is 0.109. The zero-order valence-corrected chi connectivity index (χ0v) is 11.9. The van der Waals surface area contributed by atoms with Gasteiger partial charge in [-0.25, -0.2) is 0 Å². The van der Waals surface area contributed by atoms with Crippen molar-refractivity contribution in [2.75, 3.05) is 6.54 Å². The molecule has 0 fully saturated rings. The Morgan fingerprint density at radius 2 is 2.00 bits per heavy atom. The van der Waals surface area contributed by atoms with E-state index in [0.29, 0.717) is 6.54 Å². The fourth-order valence-electron chi connectivity index (χ4n) is 2.09. The minimum Gasteiger partial charge on any atom is -0.330 e. The van der Waals surface area contributed by atoms with Crippen molar-refractivity contribution in [1.29, 1.82) is 0 Å². The Labute approximate surface area is 113 Å². The molecular weight excluding hydrogens is 244 g/mol. The molecule has 0 amide bonds. The molecule has 0 aliphatic carbocycles. The second-order valence-electron chi connectivity index (χ2n) is 5.64. The highest BCUT2D eigenvalue weighted by Crippen LogP contribution is 2.27. The molecule has 2 rings (SSSR count). The lowest BCUT2D eigenvalue weighted by Gasteiger charge is -2.22. The summed E-state index contributed by atoms with van der Waals surface area (Å²) in [5, 5.41) is 1.79. The molecule has 3 heteroatoms. The van der Waals surface area contributed by atoms with Gasteiger partial charge in [0, 0.05) is 11.1 Å². The highest BCUT2D eigenvalue weighted by molar-refractivity contribution is 6.35. The number of nitrogens with zero attached hydrogens (tertiary/aromatic N) is 1. The molecule has 18 heavy (non-hydrogen) atoms. The van der Waals surface area contributed by atoms with Crippen molar-refractivity contribution in [1.82, 2.24) is 4.98 Å². The lowest BCUT2D eigenvalue weighted by atomic mass is 9.85. The normalized spacial score (nSPS) is 12.1. The molecule has 2 nitrogen and oxygen atoms in total. The van der Waals surface area contributed by atoms with Gasteiger partial charge in [0.25, 0.3) is 0 Å². The summed E-state index contributed by atoms with van der Waals surface area (Å²) >= 11 is 6.27. The number of halogens is 1. The highest BCUT2D eigenvalue weighted by Gasteiger charge is 2.16. The third-order valence-corrected chi connectivity index (χ3v) is 3.50. The second kappa shape index (κ2) is 4.87. The maximum Gasteiger partial charge on any atom is 0.0720 e. The van der Waals surface area contributed by atoms with Crippen LogP contribution in [0, 0.1) is 12.3 Å². The van der Waals surface area contributed by atoms with E-state index in [2.05, 4.69) is 31.0 Å². The third-order valence-electron chi connectivity index (χ3n) is 3.19. The van der Waals surface area contributed by atoms with Gasteiger partial charge in [-0.1, -0.05) is 31.5 Å². The number of aryl methyl sites for hydroxylation is 1. The van der Waals surface area contributed by atoms with Gasteiger partial charge in [0.2, 0.25) is 0 Å². The summed E-state index contributed by atoms with van der Waals surface area (Å²) in [5.74, 6) is 0. The molecule has 1 aromatic carbocycles. The molecule has 0 aliphatic heterocycles. The number of benzene rings is 1. The first-order chi connectivity index (χ1) is 8.41. The Balaban J connectivity index is 2.44. The molecule has 0 spiro atoms. The Bertz CT molecular complexity index is 576. The van der Waals surface area contributed by atoms with Crippen molar-refractivity contribution in [3.63, 3.8) is 0 Å². The van der Waals surface area contributed by atoms with Crippen LogP contribution in [0.15, 0.2) is 24.3 Å². The number of rotatable bonds is 3. The van der Waals surface area contributed by atoms with Gasteiger partial charge in [0.1, 0.15) is 0 Å². The molecule has 2 aromatic rings. The maximum atomic E-state index is 6.27. The lowest BCUT2D eigenvalue weighted by molar-refractivity contribution is 0.377. The van der Waals surface area contributed by atoms with Gasteiger partial charge in [0.15, 0.2) is 0 Å². The van der Waals surface area contributed by atoms with Crippen molar-refractivity contribution >= 4 is 22.5 Å². The fourth-order valence-corrected chi connectivity index (χ4v) is 2.40. The van der Waals surface area contributed by atoms with Gasteiger partial charge in [0.05, 0.1) is 10.5 Å². The molecule has 2 N–H and O–H groups in total. The number of aromatic nitrogens is 1. The zero-order chi connectivity index (χ0) is 13.3. The summed E-state index contributed by atoms with van der Waals surface area (Å²) in [6.07, 6.45) is 0.948. The number of hydrogen-bond acceptors (Lipinski definition) is 2. The zero-order valence-electron chi connectivity index (χ0n) is 11.1. The van der Waals surface area contributed by atoms with Crippen LogP contribution in [-0.2, 0) is 6.42 Å². The molecule has 0 saturated heterocycles. The van der Waals surface area contributed by atoms with E-state index in [1.807, 2.05) is 19.1 Å². The predicted octanol–water partition coefficient (Wildman–Crippen LogP) is 3.72. The fraction of sp³-hybridized carbons (Fsp3) is 0.400. The Morgan fingerprint density at radius 1 is 1.28 bits per heavy atom. The van der Waals surface area contributed by atoms with Crippen LogP contribution in [0.2, 0.25) is 5.02 Å². The van der Waals surface area contributed by atoms with E-state index in [-0.39, 0.29) is 5.41 Å². The van der Waals surface area contributed by atoms with Gasteiger partial charge in [-0.05, 0) is 49.1 Å². The average Bonchev–Trinajstić information content (AvgIpc) is 2.29. The minimum absolute atomic E-state index is 0.109. The quantitative estimate of drug-likeness (QED) is 0.916. The van der Waals surface area contributed by atoms with Crippen LogP contribution in [0.5, 0.6) is 0 Å². The molecule has 96 valence electrons. The summed E-state index contributed by atoms with van der Waals surface area (Å²) in [7, 11) is 0. The van der Waals surface area contributed by atoms with Gasteiger partial charge in [-0.2, -0.15) is 0 Å². The average molecular weight is 263 g/mol. The topological polar surface area (TPSA) is 38.9 Å². The van der Waals surface area contributed by atoms with E-state index in [4.69, 9.17) is 17.3 Å². The van der Waals surface area contributed by atoms with Crippen LogP contribution >= 0.6 is 11.6 Å². The van der Waals surface area contributed by atoms with Crippen LogP contribution in [0.4, 0.5) is 0 Å². The van der Waals surface area contributed by atoms with Crippen LogP contribution < -0.4 is 5.73 Å². The highest BCUT2D eigenvalue weighted by atomic mass is 35.5. The molecule has 1 aromatic heterocycles. The first-order valence-electron chi connectivity index (χ1n) is 6.17. The van der Waals surface area contributed by atoms with E-state index >= 15 is 0 Å². The molecule has 1 heterocycles. The van der Waals surface area contributed by atoms with Crippen LogP contribution in [0.1, 0.15) is 25.1 Å². The molecule has 0 radical (unpaired) electrons. The molecule has 0 bridgehead atoms. The number of fused-ring (bicyclic) bond motifs is 1. The Kier molecular flexibility index (Phi) is 3.60. The van der Waals surface area contributed by atoms with E-state index < -0.39 is 0 Å². The van der Waals surface area contributed by atoms with Gasteiger partial charge in [-0.3, -0.25) is 4.98 Å². The summed E-state index contributed by atoms with van der Waals surface area (Å²) in [6, 6.07) is 8.18. The molecule has 0 atom stereocenters. The van der Waals surface area contributed by atoms with Gasteiger partial charge in [-0.15, -0.1) is 0 Å². The largest absolute Gasteiger partial charge is 0.330 e. The number of hydrogen-bond donors (Lipinski definition) is 1. The maximum absolute atomic E-state index is 6.27. The predicted molar refractivity (Wildman–Crippen MR) is 78.0 cm³/mol. The lowest BCUT2D eigenvalue weighted by Crippen LogP contribution is -2.25. The van der Waals surface area contributed by atoms with Crippen LogP contribution in [0.25, 0.3) is 10.9 Å². The van der Waals surface area contributed by atoms with E-state index in [1.165, 1.54) is 5.56 Å². The van der Waals surface area contributed by atoms with Gasteiger partial charge < -0.3 is 5.73 Å². The summed E-state index contributed by atoms with van der Waals surface area (Å²) in [6.45, 7) is 6.97. The van der Waals surface area contributed by atoms with E-state index in [1.54, 1.807) is 0 Å².